The predicted molar refractivity (Wildman–Crippen MR) is 77.0 cm³/mol. The smallest absolute Gasteiger partial charge is 0.216 e. The summed E-state index contributed by atoms with van der Waals surface area (Å²) in [5.41, 5.74) is 3.33. The van der Waals surface area contributed by atoms with Crippen LogP contribution < -0.4 is 10.6 Å². The first-order chi connectivity index (χ1) is 8.91. The first-order valence-corrected chi connectivity index (χ1v) is 6.65. The zero-order valence-corrected chi connectivity index (χ0v) is 12.2. The van der Waals surface area contributed by atoms with Crippen molar-refractivity contribution >= 4 is 5.91 Å². The van der Waals surface area contributed by atoms with Crippen LogP contribution >= 0.6 is 0 Å². The highest BCUT2D eigenvalue weighted by Gasteiger charge is 2.15. The number of hydrogen-bond acceptors (Lipinski definition) is 3. The molecule has 1 rings (SSSR count). The van der Waals surface area contributed by atoms with Gasteiger partial charge in [0, 0.05) is 26.1 Å². The van der Waals surface area contributed by atoms with E-state index in [-0.39, 0.29) is 11.9 Å². The molecule has 0 heterocycles. The molecule has 0 saturated heterocycles. The van der Waals surface area contributed by atoms with Crippen LogP contribution in [0, 0.1) is 13.8 Å². The molecule has 19 heavy (non-hydrogen) atoms. The number of amides is 1. The van der Waals surface area contributed by atoms with Crippen molar-refractivity contribution in [3.8, 4) is 0 Å². The molecule has 0 aliphatic rings. The van der Waals surface area contributed by atoms with Gasteiger partial charge in [-0.3, -0.25) is 4.79 Å². The second-order valence-electron chi connectivity index (χ2n) is 5.01. The van der Waals surface area contributed by atoms with Gasteiger partial charge in [0.2, 0.25) is 5.91 Å². The molecule has 0 aromatic heterocycles. The quantitative estimate of drug-likeness (QED) is 0.682. The van der Waals surface area contributed by atoms with Crippen LogP contribution in [0.25, 0.3) is 0 Å². The number of aliphatic hydroxyl groups excluding tert-OH is 1. The van der Waals surface area contributed by atoms with E-state index in [2.05, 4.69) is 17.6 Å². The molecule has 1 amide bonds. The van der Waals surface area contributed by atoms with Gasteiger partial charge in [0.1, 0.15) is 0 Å². The number of benzene rings is 1. The highest BCUT2D eigenvalue weighted by molar-refractivity contribution is 5.72. The molecule has 0 spiro atoms. The Kier molecular flexibility index (Phi) is 5.99. The average Bonchev–Trinajstić information content (AvgIpc) is 2.36. The zero-order chi connectivity index (χ0) is 14.4. The summed E-state index contributed by atoms with van der Waals surface area (Å²) < 4.78 is 0. The number of hydrogen-bond donors (Lipinski definition) is 3. The molecule has 0 saturated carbocycles. The van der Waals surface area contributed by atoms with Crippen LogP contribution in [0.5, 0.6) is 0 Å². The Morgan fingerprint density at radius 1 is 1.26 bits per heavy atom. The summed E-state index contributed by atoms with van der Waals surface area (Å²) in [5.74, 6) is -0.0378. The van der Waals surface area contributed by atoms with Gasteiger partial charge in [-0.25, -0.2) is 0 Å². The summed E-state index contributed by atoms with van der Waals surface area (Å²) in [4.78, 5) is 10.7. The Balaban J connectivity index is 2.49. The third-order valence-corrected chi connectivity index (χ3v) is 3.31. The largest absolute Gasteiger partial charge is 0.387 e. The van der Waals surface area contributed by atoms with E-state index in [4.69, 9.17) is 0 Å². The molecule has 2 unspecified atom stereocenters. The van der Waals surface area contributed by atoms with Crippen molar-refractivity contribution in [1.29, 1.82) is 0 Å². The molecule has 4 heteroatoms. The second-order valence-corrected chi connectivity index (χ2v) is 5.01. The fourth-order valence-corrected chi connectivity index (χ4v) is 1.89. The molecule has 106 valence electrons. The molecule has 4 nitrogen and oxygen atoms in total. The maximum atomic E-state index is 10.7. The molecule has 1 aromatic rings. The molecule has 0 fully saturated rings. The number of rotatable bonds is 6. The van der Waals surface area contributed by atoms with Gasteiger partial charge in [0.15, 0.2) is 0 Å². The third kappa shape index (κ3) is 5.01. The first-order valence-electron chi connectivity index (χ1n) is 6.65. The molecule has 1 aromatic carbocycles. The molecular formula is C15H24N2O2. The fourth-order valence-electron chi connectivity index (χ4n) is 1.89. The summed E-state index contributed by atoms with van der Waals surface area (Å²) in [6.45, 7) is 8.74. The highest BCUT2D eigenvalue weighted by Crippen LogP contribution is 2.19. The van der Waals surface area contributed by atoms with Crippen molar-refractivity contribution in [2.75, 3.05) is 13.1 Å². The average molecular weight is 264 g/mol. The van der Waals surface area contributed by atoms with Gasteiger partial charge >= 0.3 is 0 Å². The number of aryl methyl sites for hydroxylation is 2. The number of nitrogens with one attached hydrogen (secondary N) is 2. The Morgan fingerprint density at radius 2 is 1.95 bits per heavy atom. The second kappa shape index (κ2) is 7.26. The minimum atomic E-state index is -0.545. The van der Waals surface area contributed by atoms with Crippen molar-refractivity contribution in [2.45, 2.75) is 39.8 Å². The standard InChI is InChI=1S/C15H24N2O2/c1-10-5-6-14(9-11(10)2)15(19)12(3)16-7-8-17-13(4)18/h5-6,9,12,15-16,19H,7-8H2,1-4H3,(H,17,18). The van der Waals surface area contributed by atoms with E-state index in [1.54, 1.807) is 0 Å². The van der Waals surface area contributed by atoms with Gasteiger partial charge in [-0.2, -0.15) is 0 Å². The van der Waals surface area contributed by atoms with E-state index in [9.17, 15) is 9.90 Å². The normalized spacial score (nSPS) is 13.9. The van der Waals surface area contributed by atoms with E-state index in [1.807, 2.05) is 32.0 Å². The molecule has 0 aliphatic carbocycles. The summed E-state index contributed by atoms with van der Waals surface area (Å²) >= 11 is 0. The van der Waals surface area contributed by atoms with Crippen molar-refractivity contribution in [3.05, 3.63) is 34.9 Å². The topological polar surface area (TPSA) is 61.4 Å². The maximum absolute atomic E-state index is 10.7. The number of aliphatic hydroxyl groups is 1. The Hall–Kier alpha value is -1.39. The Labute approximate surface area is 115 Å². The Morgan fingerprint density at radius 3 is 2.53 bits per heavy atom. The molecular weight excluding hydrogens is 240 g/mol. The lowest BCUT2D eigenvalue weighted by Gasteiger charge is -2.21. The molecule has 0 bridgehead atoms. The lowest BCUT2D eigenvalue weighted by atomic mass is 9.99. The van der Waals surface area contributed by atoms with Gasteiger partial charge in [-0.1, -0.05) is 18.2 Å². The van der Waals surface area contributed by atoms with Gasteiger partial charge < -0.3 is 15.7 Å². The van der Waals surface area contributed by atoms with Crippen LogP contribution in [0.3, 0.4) is 0 Å². The van der Waals surface area contributed by atoms with Crippen molar-refractivity contribution in [3.63, 3.8) is 0 Å². The fraction of sp³-hybridized carbons (Fsp3) is 0.533. The SMILES string of the molecule is CC(=O)NCCNC(C)C(O)c1ccc(C)c(C)c1. The predicted octanol–water partition coefficient (Wildman–Crippen LogP) is 1.45. The Bertz CT molecular complexity index is 432. The van der Waals surface area contributed by atoms with Crippen LogP contribution in [0.2, 0.25) is 0 Å². The molecule has 3 N–H and O–H groups in total. The molecule has 0 aliphatic heterocycles. The van der Waals surface area contributed by atoms with Crippen molar-refractivity contribution in [1.82, 2.24) is 10.6 Å². The number of carbonyl (C=O) groups excluding carboxylic acids is 1. The highest BCUT2D eigenvalue weighted by atomic mass is 16.3. The van der Waals surface area contributed by atoms with Crippen molar-refractivity contribution in [2.24, 2.45) is 0 Å². The summed E-state index contributed by atoms with van der Waals surface area (Å²) in [5, 5.41) is 16.2. The summed E-state index contributed by atoms with van der Waals surface area (Å²) in [6, 6.07) is 5.94. The van der Waals surface area contributed by atoms with E-state index in [1.165, 1.54) is 18.1 Å². The summed E-state index contributed by atoms with van der Waals surface area (Å²) in [6.07, 6.45) is -0.545. The van der Waals surface area contributed by atoms with Crippen molar-refractivity contribution < 1.29 is 9.90 Å². The van der Waals surface area contributed by atoms with Crippen LogP contribution in [-0.2, 0) is 4.79 Å². The lowest BCUT2D eigenvalue weighted by Crippen LogP contribution is -2.38. The monoisotopic (exact) mass is 264 g/mol. The first kappa shape index (κ1) is 15.7. The van der Waals surface area contributed by atoms with Crippen LogP contribution in [0.4, 0.5) is 0 Å². The van der Waals surface area contributed by atoms with E-state index < -0.39 is 6.10 Å². The van der Waals surface area contributed by atoms with Crippen LogP contribution in [0.15, 0.2) is 18.2 Å². The minimum absolute atomic E-state index is 0.0378. The van der Waals surface area contributed by atoms with Gasteiger partial charge in [-0.15, -0.1) is 0 Å². The van der Waals surface area contributed by atoms with Gasteiger partial charge in [0.05, 0.1) is 6.10 Å². The molecule has 0 radical (unpaired) electrons. The van der Waals surface area contributed by atoms with Gasteiger partial charge in [0.25, 0.3) is 0 Å². The number of carbonyl (C=O) groups is 1. The zero-order valence-electron chi connectivity index (χ0n) is 12.2. The lowest BCUT2D eigenvalue weighted by molar-refractivity contribution is -0.118. The van der Waals surface area contributed by atoms with E-state index >= 15 is 0 Å². The third-order valence-electron chi connectivity index (χ3n) is 3.31. The van der Waals surface area contributed by atoms with Crippen LogP contribution in [-0.4, -0.2) is 30.1 Å². The van der Waals surface area contributed by atoms with E-state index in [0.29, 0.717) is 13.1 Å². The minimum Gasteiger partial charge on any atom is -0.387 e. The molecule has 2 atom stereocenters. The van der Waals surface area contributed by atoms with Gasteiger partial charge in [-0.05, 0) is 37.5 Å². The maximum Gasteiger partial charge on any atom is 0.216 e. The van der Waals surface area contributed by atoms with E-state index in [0.717, 1.165) is 5.56 Å². The summed E-state index contributed by atoms with van der Waals surface area (Å²) in [7, 11) is 0. The van der Waals surface area contributed by atoms with Crippen LogP contribution in [0.1, 0.15) is 36.6 Å².